The Morgan fingerprint density at radius 2 is 2.15 bits per heavy atom. The van der Waals surface area contributed by atoms with Crippen LogP contribution in [0.2, 0.25) is 0 Å². The van der Waals surface area contributed by atoms with Crippen molar-refractivity contribution in [2.24, 2.45) is 5.92 Å². The van der Waals surface area contributed by atoms with Crippen molar-refractivity contribution in [1.29, 1.82) is 0 Å². The largest absolute Gasteiger partial charge is 0.293 e. The number of fused-ring (bicyclic) bond motifs is 5. The molecule has 27 heavy (non-hydrogen) atoms. The second kappa shape index (κ2) is 6.73. The van der Waals surface area contributed by atoms with Crippen molar-refractivity contribution in [3.05, 3.63) is 52.7 Å². The van der Waals surface area contributed by atoms with Crippen LogP contribution >= 0.6 is 23.1 Å². The Bertz CT molecular complexity index is 1150. The molecule has 0 spiro atoms. The molecule has 1 aliphatic rings. The van der Waals surface area contributed by atoms with E-state index in [9.17, 15) is 4.79 Å². The molecule has 0 N–H and O–H groups in total. The monoisotopic (exact) mass is 394 g/mol. The standard InChI is InChI=1S/C20H18N4OS2/c1-12-7-8-14-16(9-12)27-19-17(14)18-22-23-20(24(18)11-21-19)26-10-15(25)13-5-3-2-4-6-13/h2-6,11-12H,7-10H2,1H3/t12-/m0/s1. The molecule has 3 aromatic heterocycles. The number of thiophene rings is 1. The fourth-order valence-corrected chi connectivity index (χ4v) is 5.80. The average Bonchev–Trinajstić information content (AvgIpc) is 3.26. The first-order valence-electron chi connectivity index (χ1n) is 9.05. The lowest BCUT2D eigenvalue weighted by atomic mass is 9.89. The van der Waals surface area contributed by atoms with E-state index in [4.69, 9.17) is 0 Å². The number of rotatable bonds is 4. The van der Waals surface area contributed by atoms with E-state index in [0.29, 0.717) is 10.9 Å². The van der Waals surface area contributed by atoms with E-state index in [2.05, 4.69) is 22.1 Å². The number of aromatic nitrogens is 4. The first-order chi connectivity index (χ1) is 13.2. The summed E-state index contributed by atoms with van der Waals surface area (Å²) in [6.45, 7) is 2.31. The van der Waals surface area contributed by atoms with E-state index in [1.165, 1.54) is 28.6 Å². The minimum absolute atomic E-state index is 0.0910. The summed E-state index contributed by atoms with van der Waals surface area (Å²) in [4.78, 5) is 19.5. The molecule has 0 radical (unpaired) electrons. The lowest BCUT2D eigenvalue weighted by Crippen LogP contribution is -2.08. The van der Waals surface area contributed by atoms with E-state index in [0.717, 1.165) is 40.2 Å². The highest BCUT2D eigenvalue weighted by Gasteiger charge is 2.24. The van der Waals surface area contributed by atoms with Crippen LogP contribution in [0.15, 0.2) is 41.8 Å². The normalized spacial score (nSPS) is 16.7. The number of carbonyl (C=O) groups excluding carboxylic acids is 1. The first-order valence-corrected chi connectivity index (χ1v) is 10.9. The molecule has 7 heteroatoms. The minimum Gasteiger partial charge on any atom is -0.293 e. The fourth-order valence-electron chi connectivity index (χ4n) is 3.66. The summed E-state index contributed by atoms with van der Waals surface area (Å²) in [5.41, 5.74) is 2.98. The van der Waals surface area contributed by atoms with Crippen molar-refractivity contribution < 1.29 is 4.79 Å². The van der Waals surface area contributed by atoms with E-state index in [1.54, 1.807) is 17.7 Å². The second-order valence-corrected chi connectivity index (χ2v) is 9.06. The van der Waals surface area contributed by atoms with Gasteiger partial charge in [-0.05, 0) is 30.7 Å². The first kappa shape index (κ1) is 16.9. The van der Waals surface area contributed by atoms with Crippen LogP contribution in [-0.4, -0.2) is 31.1 Å². The molecule has 0 bridgehead atoms. The summed E-state index contributed by atoms with van der Waals surface area (Å²) < 4.78 is 1.93. The van der Waals surface area contributed by atoms with Gasteiger partial charge < -0.3 is 0 Å². The molecule has 0 amide bonds. The molecule has 0 aliphatic heterocycles. The number of benzene rings is 1. The lowest BCUT2D eigenvalue weighted by molar-refractivity contribution is 0.102. The van der Waals surface area contributed by atoms with Gasteiger partial charge in [-0.15, -0.1) is 21.5 Å². The molecule has 0 saturated carbocycles. The van der Waals surface area contributed by atoms with Crippen LogP contribution in [0.5, 0.6) is 0 Å². The van der Waals surface area contributed by atoms with Crippen LogP contribution in [0.1, 0.15) is 34.1 Å². The quantitative estimate of drug-likeness (QED) is 0.378. The summed E-state index contributed by atoms with van der Waals surface area (Å²) in [5.74, 6) is 1.16. The third kappa shape index (κ3) is 2.95. The number of hydrogen-bond acceptors (Lipinski definition) is 6. The Morgan fingerprint density at radius 3 is 3.00 bits per heavy atom. The molecule has 1 aliphatic carbocycles. The van der Waals surface area contributed by atoms with Gasteiger partial charge in [0.05, 0.1) is 11.1 Å². The zero-order chi connectivity index (χ0) is 18.4. The molecule has 4 aromatic rings. The maximum Gasteiger partial charge on any atom is 0.197 e. The summed E-state index contributed by atoms with van der Waals surface area (Å²) in [6.07, 6.45) is 5.21. The summed E-state index contributed by atoms with van der Waals surface area (Å²) in [6, 6.07) is 9.36. The highest BCUT2D eigenvalue weighted by atomic mass is 32.2. The SMILES string of the molecule is C[C@H]1CCc2c(sc3ncn4c(SCC(=O)c5ccccc5)nnc4c23)C1. The number of nitrogens with zero attached hydrogens (tertiary/aromatic N) is 4. The van der Waals surface area contributed by atoms with Crippen molar-refractivity contribution in [1.82, 2.24) is 19.6 Å². The Morgan fingerprint density at radius 1 is 1.30 bits per heavy atom. The van der Waals surface area contributed by atoms with Gasteiger partial charge in [-0.3, -0.25) is 9.20 Å². The molecular weight excluding hydrogens is 376 g/mol. The smallest absolute Gasteiger partial charge is 0.197 e. The molecule has 0 fully saturated rings. The summed E-state index contributed by atoms with van der Waals surface area (Å²) >= 11 is 3.20. The molecule has 3 heterocycles. The van der Waals surface area contributed by atoms with Crippen LogP contribution in [0.3, 0.4) is 0 Å². The zero-order valence-electron chi connectivity index (χ0n) is 14.9. The highest BCUT2D eigenvalue weighted by molar-refractivity contribution is 7.99. The average molecular weight is 395 g/mol. The predicted octanol–water partition coefficient (Wildman–Crippen LogP) is 4.44. The summed E-state index contributed by atoms with van der Waals surface area (Å²) in [5, 5.41) is 10.7. The van der Waals surface area contributed by atoms with E-state index in [-0.39, 0.29) is 5.78 Å². The number of thioether (sulfide) groups is 1. The van der Waals surface area contributed by atoms with Gasteiger partial charge >= 0.3 is 0 Å². The van der Waals surface area contributed by atoms with Crippen molar-refractivity contribution >= 4 is 44.7 Å². The lowest BCUT2D eigenvalue weighted by Gasteiger charge is -2.17. The fraction of sp³-hybridized carbons (Fsp3) is 0.300. The highest BCUT2D eigenvalue weighted by Crippen LogP contribution is 2.39. The number of carbonyl (C=O) groups is 1. The van der Waals surface area contributed by atoms with E-state index in [1.807, 2.05) is 34.7 Å². The van der Waals surface area contributed by atoms with Gasteiger partial charge in [0.1, 0.15) is 11.2 Å². The summed E-state index contributed by atoms with van der Waals surface area (Å²) in [7, 11) is 0. The van der Waals surface area contributed by atoms with Crippen molar-refractivity contribution in [2.75, 3.05) is 5.75 Å². The predicted molar refractivity (Wildman–Crippen MR) is 109 cm³/mol. The number of ketones is 1. The Hall–Kier alpha value is -2.25. The van der Waals surface area contributed by atoms with Gasteiger partial charge in [-0.1, -0.05) is 49.0 Å². The molecule has 5 rings (SSSR count). The zero-order valence-corrected chi connectivity index (χ0v) is 16.5. The minimum atomic E-state index is 0.0910. The molecule has 1 aromatic carbocycles. The Kier molecular flexibility index (Phi) is 4.21. The Balaban J connectivity index is 1.48. The van der Waals surface area contributed by atoms with E-state index >= 15 is 0 Å². The van der Waals surface area contributed by atoms with Gasteiger partial charge in [-0.2, -0.15) is 0 Å². The van der Waals surface area contributed by atoms with Crippen molar-refractivity contribution in [3.63, 3.8) is 0 Å². The van der Waals surface area contributed by atoms with Gasteiger partial charge in [0.2, 0.25) is 0 Å². The molecule has 136 valence electrons. The number of hydrogen-bond donors (Lipinski definition) is 0. The van der Waals surface area contributed by atoms with Gasteiger partial charge in [0, 0.05) is 10.4 Å². The van der Waals surface area contributed by atoms with E-state index < -0.39 is 0 Å². The van der Waals surface area contributed by atoms with Crippen LogP contribution < -0.4 is 0 Å². The van der Waals surface area contributed by atoms with Crippen molar-refractivity contribution in [2.45, 2.75) is 31.3 Å². The maximum atomic E-state index is 12.4. The molecule has 1 atom stereocenters. The Labute approximate surface area is 164 Å². The van der Waals surface area contributed by atoms with Crippen LogP contribution in [0, 0.1) is 5.92 Å². The van der Waals surface area contributed by atoms with Gasteiger partial charge in [0.15, 0.2) is 16.6 Å². The van der Waals surface area contributed by atoms with Crippen LogP contribution in [0.25, 0.3) is 15.9 Å². The topological polar surface area (TPSA) is 60.2 Å². The van der Waals surface area contributed by atoms with Crippen molar-refractivity contribution in [3.8, 4) is 0 Å². The van der Waals surface area contributed by atoms with Gasteiger partial charge in [0.25, 0.3) is 0 Å². The molecular formula is C20H18N4OS2. The maximum absolute atomic E-state index is 12.4. The molecule has 5 nitrogen and oxygen atoms in total. The third-order valence-electron chi connectivity index (χ3n) is 5.10. The number of aryl methyl sites for hydroxylation is 1. The third-order valence-corrected chi connectivity index (χ3v) is 7.21. The van der Waals surface area contributed by atoms with Gasteiger partial charge in [-0.25, -0.2) is 4.98 Å². The molecule has 0 unspecified atom stereocenters. The second-order valence-electron chi connectivity index (χ2n) is 7.03. The van der Waals surface area contributed by atoms with Crippen LogP contribution in [0.4, 0.5) is 0 Å². The number of Topliss-reactive ketones (excluding diaryl/α,β-unsaturated/α-hetero) is 1. The molecule has 0 saturated heterocycles. The van der Waals surface area contributed by atoms with Crippen LogP contribution in [-0.2, 0) is 12.8 Å².